The molecule has 11 heavy (non-hydrogen) atoms. The second kappa shape index (κ2) is 2.73. The van der Waals surface area contributed by atoms with E-state index < -0.39 is 0 Å². The lowest BCUT2D eigenvalue weighted by atomic mass is 9.76. The Labute approximate surface area is 67.3 Å². The molecule has 0 aromatic carbocycles. The topological polar surface area (TPSA) is 47.3 Å². The van der Waals surface area contributed by atoms with Gasteiger partial charge in [-0.2, -0.15) is 0 Å². The van der Waals surface area contributed by atoms with E-state index in [0.717, 1.165) is 39.1 Å². The van der Waals surface area contributed by atoms with Crippen LogP contribution in [0, 0.1) is 5.41 Å². The summed E-state index contributed by atoms with van der Waals surface area (Å²) in [5.74, 6) is 0. The van der Waals surface area contributed by atoms with Gasteiger partial charge in [-0.1, -0.05) is 0 Å². The highest BCUT2D eigenvalue weighted by Gasteiger charge is 2.41. The molecule has 2 rings (SSSR count). The van der Waals surface area contributed by atoms with Crippen LogP contribution in [-0.2, 0) is 4.74 Å². The van der Waals surface area contributed by atoms with Crippen molar-refractivity contribution in [1.29, 1.82) is 0 Å². The molecule has 2 saturated heterocycles. The number of ether oxygens (including phenoxy) is 1. The SMILES string of the molecule is NC1CNCC12CCOCC2. The lowest BCUT2D eigenvalue weighted by Gasteiger charge is -2.36. The Morgan fingerprint density at radius 2 is 2.09 bits per heavy atom. The van der Waals surface area contributed by atoms with Crippen molar-refractivity contribution in [2.24, 2.45) is 11.1 Å². The fourth-order valence-electron chi connectivity index (χ4n) is 2.15. The minimum absolute atomic E-state index is 0.353. The zero-order valence-corrected chi connectivity index (χ0v) is 6.81. The molecule has 3 N–H and O–H groups in total. The first kappa shape index (κ1) is 7.53. The normalized spacial score (nSPS) is 36.3. The third-order valence-corrected chi connectivity index (χ3v) is 3.12. The molecule has 2 fully saturated rings. The molecule has 0 aromatic rings. The lowest BCUT2D eigenvalue weighted by Crippen LogP contribution is -2.44. The van der Waals surface area contributed by atoms with Gasteiger partial charge in [0, 0.05) is 37.8 Å². The van der Waals surface area contributed by atoms with E-state index in [4.69, 9.17) is 10.5 Å². The van der Waals surface area contributed by atoms with Gasteiger partial charge in [-0.25, -0.2) is 0 Å². The summed E-state index contributed by atoms with van der Waals surface area (Å²) in [7, 11) is 0. The third-order valence-electron chi connectivity index (χ3n) is 3.12. The largest absolute Gasteiger partial charge is 0.381 e. The highest BCUT2D eigenvalue weighted by atomic mass is 16.5. The van der Waals surface area contributed by atoms with Gasteiger partial charge in [0.1, 0.15) is 0 Å². The van der Waals surface area contributed by atoms with Crippen molar-refractivity contribution in [1.82, 2.24) is 5.32 Å². The fraction of sp³-hybridized carbons (Fsp3) is 1.00. The molecule has 0 radical (unpaired) electrons. The Bertz CT molecular complexity index is 143. The van der Waals surface area contributed by atoms with Gasteiger partial charge in [-0.3, -0.25) is 0 Å². The third kappa shape index (κ3) is 1.17. The summed E-state index contributed by atoms with van der Waals surface area (Å²) < 4.78 is 5.32. The summed E-state index contributed by atoms with van der Waals surface area (Å²) >= 11 is 0. The van der Waals surface area contributed by atoms with Crippen LogP contribution in [0.4, 0.5) is 0 Å². The van der Waals surface area contributed by atoms with Gasteiger partial charge in [0.05, 0.1) is 0 Å². The Morgan fingerprint density at radius 3 is 2.64 bits per heavy atom. The van der Waals surface area contributed by atoms with Gasteiger partial charge in [0.25, 0.3) is 0 Å². The second-order valence-corrected chi connectivity index (χ2v) is 3.71. The molecule has 2 heterocycles. The summed E-state index contributed by atoms with van der Waals surface area (Å²) in [5, 5.41) is 3.35. The maximum absolute atomic E-state index is 6.03. The standard InChI is InChI=1S/C8H16N2O/c9-7-5-10-6-8(7)1-3-11-4-2-8/h7,10H,1-6,9H2. The highest BCUT2D eigenvalue weighted by Crippen LogP contribution is 2.35. The van der Waals surface area contributed by atoms with Gasteiger partial charge in [0.15, 0.2) is 0 Å². The maximum atomic E-state index is 6.03. The van der Waals surface area contributed by atoms with Crippen molar-refractivity contribution in [3.8, 4) is 0 Å². The molecule has 2 aliphatic heterocycles. The van der Waals surface area contributed by atoms with Gasteiger partial charge < -0.3 is 15.8 Å². The molecule has 0 aromatic heterocycles. The Balaban J connectivity index is 2.06. The van der Waals surface area contributed by atoms with Crippen molar-refractivity contribution in [2.45, 2.75) is 18.9 Å². The number of nitrogens with one attached hydrogen (secondary N) is 1. The van der Waals surface area contributed by atoms with Crippen LogP contribution in [0.2, 0.25) is 0 Å². The molecular formula is C8H16N2O. The van der Waals surface area contributed by atoms with Crippen LogP contribution >= 0.6 is 0 Å². The van der Waals surface area contributed by atoms with Gasteiger partial charge in [-0.05, 0) is 12.8 Å². The van der Waals surface area contributed by atoms with Crippen molar-refractivity contribution < 1.29 is 4.74 Å². The van der Waals surface area contributed by atoms with Crippen LogP contribution in [-0.4, -0.2) is 32.3 Å². The Hall–Kier alpha value is -0.120. The van der Waals surface area contributed by atoms with Crippen LogP contribution in [0.25, 0.3) is 0 Å². The minimum atomic E-state index is 0.353. The van der Waals surface area contributed by atoms with Crippen LogP contribution in [0.1, 0.15) is 12.8 Å². The van der Waals surface area contributed by atoms with Crippen LogP contribution < -0.4 is 11.1 Å². The second-order valence-electron chi connectivity index (χ2n) is 3.71. The molecule has 0 aliphatic carbocycles. The van der Waals surface area contributed by atoms with Crippen molar-refractivity contribution >= 4 is 0 Å². The average molecular weight is 156 g/mol. The maximum Gasteiger partial charge on any atom is 0.0472 e. The molecule has 64 valence electrons. The summed E-state index contributed by atoms with van der Waals surface area (Å²) in [6, 6.07) is 0.353. The Morgan fingerprint density at radius 1 is 1.36 bits per heavy atom. The van der Waals surface area contributed by atoms with E-state index in [9.17, 15) is 0 Å². The smallest absolute Gasteiger partial charge is 0.0472 e. The molecule has 2 aliphatic rings. The number of hydrogen-bond acceptors (Lipinski definition) is 3. The number of nitrogens with two attached hydrogens (primary N) is 1. The van der Waals surface area contributed by atoms with Crippen LogP contribution in [0.3, 0.4) is 0 Å². The molecule has 0 bridgehead atoms. The van der Waals surface area contributed by atoms with Crippen molar-refractivity contribution in [3.63, 3.8) is 0 Å². The summed E-state index contributed by atoms with van der Waals surface area (Å²) in [4.78, 5) is 0. The highest BCUT2D eigenvalue weighted by molar-refractivity contribution is 4.98. The Kier molecular flexibility index (Phi) is 1.87. The van der Waals surface area contributed by atoms with Gasteiger partial charge in [0.2, 0.25) is 0 Å². The summed E-state index contributed by atoms with van der Waals surface area (Å²) in [6.45, 7) is 3.88. The van der Waals surface area contributed by atoms with E-state index in [1.54, 1.807) is 0 Å². The van der Waals surface area contributed by atoms with Gasteiger partial charge >= 0.3 is 0 Å². The van der Waals surface area contributed by atoms with E-state index in [1.165, 1.54) is 0 Å². The zero-order chi connectivity index (χ0) is 7.73. The van der Waals surface area contributed by atoms with Crippen molar-refractivity contribution in [2.75, 3.05) is 26.3 Å². The first-order valence-electron chi connectivity index (χ1n) is 4.38. The first-order chi connectivity index (χ1) is 5.33. The van der Waals surface area contributed by atoms with Crippen LogP contribution in [0.15, 0.2) is 0 Å². The van der Waals surface area contributed by atoms with E-state index >= 15 is 0 Å². The molecule has 0 amide bonds. The summed E-state index contributed by atoms with van der Waals surface area (Å²) in [6.07, 6.45) is 2.28. The van der Waals surface area contributed by atoms with E-state index in [0.29, 0.717) is 11.5 Å². The molecule has 3 nitrogen and oxygen atoms in total. The predicted octanol–water partition coefficient (Wildman–Crippen LogP) is -0.286. The van der Waals surface area contributed by atoms with E-state index in [1.807, 2.05) is 0 Å². The van der Waals surface area contributed by atoms with Crippen LogP contribution in [0.5, 0.6) is 0 Å². The average Bonchev–Trinajstić information content (AvgIpc) is 2.36. The molecular weight excluding hydrogens is 140 g/mol. The first-order valence-corrected chi connectivity index (χ1v) is 4.38. The monoisotopic (exact) mass is 156 g/mol. The quantitative estimate of drug-likeness (QED) is 0.507. The number of hydrogen-bond donors (Lipinski definition) is 2. The molecule has 1 atom stereocenters. The summed E-state index contributed by atoms with van der Waals surface area (Å²) in [5.41, 5.74) is 6.40. The van der Waals surface area contributed by atoms with E-state index in [2.05, 4.69) is 5.32 Å². The van der Waals surface area contributed by atoms with Gasteiger partial charge in [-0.15, -0.1) is 0 Å². The predicted molar refractivity (Wildman–Crippen MR) is 43.3 cm³/mol. The fourth-order valence-corrected chi connectivity index (χ4v) is 2.15. The minimum Gasteiger partial charge on any atom is -0.381 e. The zero-order valence-electron chi connectivity index (χ0n) is 6.81. The lowest BCUT2D eigenvalue weighted by molar-refractivity contribution is 0.0176. The van der Waals surface area contributed by atoms with E-state index in [-0.39, 0.29) is 0 Å². The molecule has 0 saturated carbocycles. The number of rotatable bonds is 0. The molecule has 3 heteroatoms. The van der Waals surface area contributed by atoms with Crippen molar-refractivity contribution in [3.05, 3.63) is 0 Å². The molecule has 1 spiro atoms. The molecule has 1 unspecified atom stereocenters.